The molecule has 4 heteroatoms. The highest BCUT2D eigenvalue weighted by Crippen LogP contribution is 2.01. The number of nitrogens with one attached hydrogen (secondary N) is 2. The van der Waals surface area contributed by atoms with Crippen LogP contribution in [0.4, 0.5) is 0 Å². The Balaban J connectivity index is 1.99. The van der Waals surface area contributed by atoms with Crippen LogP contribution in [-0.4, -0.2) is 17.3 Å². The largest absolute Gasteiger partial charge is 0.310 e. The first-order valence-corrected chi connectivity index (χ1v) is 4.39. The Kier molecular flexibility index (Phi) is 2.46. The summed E-state index contributed by atoms with van der Waals surface area (Å²) in [6.45, 7) is 0.327. The van der Waals surface area contributed by atoms with Gasteiger partial charge in [0, 0.05) is 18.0 Å². The molecule has 1 aromatic carbocycles. The van der Waals surface area contributed by atoms with Crippen molar-refractivity contribution in [3.63, 3.8) is 0 Å². The normalized spacial score (nSPS) is 14.1. The van der Waals surface area contributed by atoms with E-state index in [2.05, 4.69) is 11.0 Å². The number of benzene rings is 1. The van der Waals surface area contributed by atoms with E-state index in [1.165, 1.54) is 0 Å². The maximum Gasteiger partial charge on any atom is 0.183 e. The number of hydrogen-bond acceptors (Lipinski definition) is 4. The monoisotopic (exact) mass is 189 g/mol. The van der Waals surface area contributed by atoms with Crippen molar-refractivity contribution in [3.05, 3.63) is 48.3 Å². The third kappa shape index (κ3) is 1.92. The van der Waals surface area contributed by atoms with Crippen LogP contribution in [0.1, 0.15) is 10.4 Å². The Bertz CT molecular complexity index is 348. The predicted molar refractivity (Wildman–Crippen MR) is 52.9 cm³/mol. The van der Waals surface area contributed by atoms with Crippen molar-refractivity contribution in [2.45, 2.75) is 0 Å². The number of carbonyl (C=O) groups is 1. The summed E-state index contributed by atoms with van der Waals surface area (Å²) in [6, 6.07) is 9.24. The standard InChI is InChI=1S/C10H11N3O/c14-10(8-13-7-6-11-12-13)9-4-2-1-3-5-9/h1-7,11-12H,8H2. The molecule has 0 radical (unpaired) electrons. The SMILES string of the molecule is O=C(CN1C=CNN1)c1ccccc1. The summed E-state index contributed by atoms with van der Waals surface area (Å²) in [5.41, 5.74) is 6.31. The molecule has 0 spiro atoms. The third-order valence-corrected chi connectivity index (χ3v) is 1.96. The molecule has 0 aliphatic carbocycles. The maximum absolute atomic E-state index is 11.7. The highest BCUT2D eigenvalue weighted by Gasteiger charge is 2.10. The second-order valence-corrected chi connectivity index (χ2v) is 2.99. The Morgan fingerprint density at radius 3 is 2.71 bits per heavy atom. The van der Waals surface area contributed by atoms with Gasteiger partial charge in [-0.2, -0.15) is 0 Å². The fourth-order valence-corrected chi connectivity index (χ4v) is 1.25. The summed E-state index contributed by atoms with van der Waals surface area (Å²) in [7, 11) is 0. The molecule has 0 bridgehead atoms. The molecule has 0 amide bonds. The molecule has 0 atom stereocenters. The van der Waals surface area contributed by atoms with Crippen LogP contribution in [0.3, 0.4) is 0 Å². The Morgan fingerprint density at radius 1 is 1.29 bits per heavy atom. The van der Waals surface area contributed by atoms with Crippen LogP contribution in [0, 0.1) is 0 Å². The lowest BCUT2D eigenvalue weighted by atomic mass is 10.1. The van der Waals surface area contributed by atoms with Crippen LogP contribution in [-0.2, 0) is 0 Å². The molecule has 2 rings (SSSR count). The molecule has 0 saturated carbocycles. The second-order valence-electron chi connectivity index (χ2n) is 2.99. The first kappa shape index (κ1) is 8.77. The number of hydrazine groups is 2. The van der Waals surface area contributed by atoms with Gasteiger partial charge in [0.25, 0.3) is 0 Å². The van der Waals surface area contributed by atoms with Crippen molar-refractivity contribution in [1.29, 1.82) is 0 Å². The molecule has 14 heavy (non-hydrogen) atoms. The van der Waals surface area contributed by atoms with Gasteiger partial charge in [-0.25, -0.2) is 0 Å². The van der Waals surface area contributed by atoms with Gasteiger partial charge in [0.2, 0.25) is 0 Å². The Morgan fingerprint density at radius 2 is 2.07 bits per heavy atom. The summed E-state index contributed by atoms with van der Waals surface area (Å²) in [4.78, 5) is 11.7. The van der Waals surface area contributed by atoms with E-state index < -0.39 is 0 Å². The van der Waals surface area contributed by atoms with Crippen LogP contribution in [0.25, 0.3) is 0 Å². The van der Waals surface area contributed by atoms with E-state index in [9.17, 15) is 4.79 Å². The van der Waals surface area contributed by atoms with E-state index in [0.29, 0.717) is 6.54 Å². The topological polar surface area (TPSA) is 44.4 Å². The van der Waals surface area contributed by atoms with Gasteiger partial charge in [-0.1, -0.05) is 30.3 Å². The molecule has 0 aromatic heterocycles. The Hall–Kier alpha value is -1.81. The Labute approximate surface area is 82.2 Å². The van der Waals surface area contributed by atoms with Gasteiger partial charge < -0.3 is 5.43 Å². The minimum absolute atomic E-state index is 0.0893. The average Bonchev–Trinajstić information content (AvgIpc) is 2.72. The quantitative estimate of drug-likeness (QED) is 0.686. The number of Topliss-reactive ketones (excluding diaryl/α,β-unsaturated/α-hetero) is 1. The molecule has 1 aliphatic rings. The summed E-state index contributed by atoms with van der Waals surface area (Å²) in [5.74, 6) is 0.0893. The minimum atomic E-state index is 0.0893. The molecule has 2 N–H and O–H groups in total. The summed E-state index contributed by atoms with van der Waals surface area (Å²) in [5, 5.41) is 1.69. The van der Waals surface area contributed by atoms with Crippen molar-refractivity contribution in [3.8, 4) is 0 Å². The molecule has 0 saturated heterocycles. The van der Waals surface area contributed by atoms with Crippen LogP contribution < -0.4 is 11.0 Å². The van der Waals surface area contributed by atoms with Crippen molar-refractivity contribution < 1.29 is 4.79 Å². The fraction of sp³-hybridized carbons (Fsp3) is 0.100. The van der Waals surface area contributed by atoms with Crippen LogP contribution >= 0.6 is 0 Å². The molecule has 0 fully saturated rings. The number of nitrogens with zero attached hydrogens (tertiary/aromatic N) is 1. The van der Waals surface area contributed by atoms with Crippen LogP contribution in [0.15, 0.2) is 42.7 Å². The lowest BCUT2D eigenvalue weighted by Gasteiger charge is -2.13. The number of hydrogen-bond donors (Lipinski definition) is 2. The van der Waals surface area contributed by atoms with Gasteiger partial charge in [-0.05, 0) is 0 Å². The van der Waals surface area contributed by atoms with E-state index in [1.807, 2.05) is 30.3 Å². The molecule has 1 heterocycles. The van der Waals surface area contributed by atoms with Crippen LogP contribution in [0.5, 0.6) is 0 Å². The minimum Gasteiger partial charge on any atom is -0.310 e. The van der Waals surface area contributed by atoms with Gasteiger partial charge >= 0.3 is 0 Å². The first-order chi connectivity index (χ1) is 6.86. The molecular formula is C10H11N3O. The highest BCUT2D eigenvalue weighted by molar-refractivity contribution is 5.97. The number of ketones is 1. The van der Waals surface area contributed by atoms with E-state index in [0.717, 1.165) is 5.56 Å². The fourth-order valence-electron chi connectivity index (χ4n) is 1.25. The van der Waals surface area contributed by atoms with Gasteiger partial charge in [-0.15, -0.1) is 5.53 Å². The van der Waals surface area contributed by atoms with Gasteiger partial charge in [0.15, 0.2) is 5.78 Å². The molecule has 0 unspecified atom stereocenters. The maximum atomic E-state index is 11.7. The first-order valence-electron chi connectivity index (χ1n) is 4.39. The molecule has 4 nitrogen and oxygen atoms in total. The second kappa shape index (κ2) is 3.93. The zero-order chi connectivity index (χ0) is 9.80. The van der Waals surface area contributed by atoms with Crippen molar-refractivity contribution in [2.24, 2.45) is 0 Å². The van der Waals surface area contributed by atoms with E-state index in [1.54, 1.807) is 17.4 Å². The van der Waals surface area contributed by atoms with Crippen molar-refractivity contribution >= 4 is 5.78 Å². The smallest absolute Gasteiger partial charge is 0.183 e. The van der Waals surface area contributed by atoms with Crippen molar-refractivity contribution in [1.82, 2.24) is 16.0 Å². The number of rotatable bonds is 3. The predicted octanol–water partition coefficient (Wildman–Crippen LogP) is 0.665. The van der Waals surface area contributed by atoms with E-state index in [4.69, 9.17) is 0 Å². The van der Waals surface area contributed by atoms with Crippen LogP contribution in [0.2, 0.25) is 0 Å². The van der Waals surface area contributed by atoms with Gasteiger partial charge in [0.05, 0.1) is 6.54 Å². The van der Waals surface area contributed by atoms with Gasteiger partial charge in [0.1, 0.15) is 0 Å². The lowest BCUT2D eigenvalue weighted by Crippen LogP contribution is -2.38. The molecule has 72 valence electrons. The van der Waals surface area contributed by atoms with Crippen molar-refractivity contribution in [2.75, 3.05) is 6.54 Å². The van der Waals surface area contributed by atoms with E-state index in [-0.39, 0.29) is 5.78 Å². The zero-order valence-electron chi connectivity index (χ0n) is 7.60. The van der Waals surface area contributed by atoms with Gasteiger partial charge in [-0.3, -0.25) is 9.80 Å². The molecule has 1 aromatic rings. The number of carbonyl (C=O) groups excluding carboxylic acids is 1. The highest BCUT2D eigenvalue weighted by atomic mass is 16.1. The summed E-state index contributed by atoms with van der Waals surface area (Å²) >= 11 is 0. The summed E-state index contributed by atoms with van der Waals surface area (Å²) in [6.07, 6.45) is 3.51. The third-order valence-electron chi connectivity index (χ3n) is 1.96. The lowest BCUT2D eigenvalue weighted by molar-refractivity contribution is 0.0931. The molecular weight excluding hydrogens is 178 g/mol. The zero-order valence-corrected chi connectivity index (χ0v) is 7.60. The average molecular weight is 189 g/mol. The van der Waals surface area contributed by atoms with E-state index >= 15 is 0 Å². The molecule has 1 aliphatic heterocycles. The summed E-state index contributed by atoms with van der Waals surface area (Å²) < 4.78 is 0.